The molecule has 0 N–H and O–H groups in total. The maximum absolute atomic E-state index is 13.2. The van der Waals surface area contributed by atoms with Gasteiger partial charge in [0.05, 0.1) is 0 Å². The Bertz CT molecular complexity index is 2360. The average Bonchev–Trinajstić information content (AvgIpc) is 0.884. The molecule has 4 aliphatic heterocycles. The molecule has 0 aromatic carbocycles. The van der Waals surface area contributed by atoms with Crippen molar-refractivity contribution in [3.05, 3.63) is 0 Å². The fraction of sp³-hybridized carbons (Fsp3) is 0.731. The molecule has 87 heavy (non-hydrogen) atoms. The Kier molecular flexibility index (Phi) is 27.1. The van der Waals surface area contributed by atoms with E-state index in [0.717, 1.165) is 96.9 Å². The molecule has 4 heterocycles. The molecule has 20 atom stereocenters. The van der Waals surface area contributed by atoms with Crippen molar-refractivity contribution in [2.24, 2.45) is 0 Å². The van der Waals surface area contributed by atoms with Crippen LogP contribution >= 0.6 is 0 Å². The van der Waals surface area contributed by atoms with Gasteiger partial charge in [-0.25, -0.2) is 0 Å². The van der Waals surface area contributed by atoms with Crippen LogP contribution < -0.4 is 0 Å². The molecule has 0 aliphatic carbocycles. The van der Waals surface area contributed by atoms with Gasteiger partial charge in [0.25, 0.3) is 0 Å². The molecule has 4 rings (SSSR count). The fourth-order valence-corrected chi connectivity index (χ4v) is 9.30. The minimum Gasteiger partial charge on any atom is -0.463 e. The first-order valence-corrected chi connectivity index (χ1v) is 26.5. The third-order valence-corrected chi connectivity index (χ3v) is 12.0. The lowest BCUT2D eigenvalue weighted by Crippen LogP contribution is -2.69. The number of carbonyl (C=O) groups is 14. The minimum absolute atomic E-state index is 0.749. The van der Waals surface area contributed by atoms with E-state index in [-0.39, 0.29) is 0 Å². The SMILES string of the molecule is CC(=O)OC[C@H]1O[C@H](O[C@H]2[C@H](OC(C)=O)[C@@H](OC(C)=O)[C@H](O[C@@H]3O[C@H](COC(C)=O)[C@@H](O[C@H]4O[C@H](COC(C)=O)[C@@H](OC(C)=O)[C@H](OC(C)=O)[C@H]4OC(C)=O)[C@H](OC(C)=O)[C@H]3OC(C)=O)O[C@@H]2COC(C)=O)[C@H](OC(C)=O)[C@@H](OC(C)=O)[C@@H]1OC(C)=O. The maximum Gasteiger partial charge on any atom is 0.303 e. The summed E-state index contributed by atoms with van der Waals surface area (Å²) in [5, 5.41) is 0. The number of hydrogen-bond donors (Lipinski definition) is 0. The highest BCUT2D eigenvalue weighted by atomic mass is 16.8. The molecule has 0 aromatic rings. The van der Waals surface area contributed by atoms with Crippen LogP contribution in [0.15, 0.2) is 0 Å². The Morgan fingerprint density at radius 3 is 0.563 bits per heavy atom. The van der Waals surface area contributed by atoms with Crippen LogP contribution in [0, 0.1) is 0 Å². The van der Waals surface area contributed by atoms with Gasteiger partial charge in [0.2, 0.25) is 12.6 Å². The second kappa shape index (κ2) is 32.9. The summed E-state index contributed by atoms with van der Waals surface area (Å²) in [6.45, 7) is 9.84. The molecule has 4 saturated heterocycles. The van der Waals surface area contributed by atoms with Gasteiger partial charge in [-0.15, -0.1) is 0 Å². The first-order chi connectivity index (χ1) is 40.6. The monoisotopic (exact) mass is 1250 g/mol. The van der Waals surface area contributed by atoms with Crippen molar-refractivity contribution in [3.8, 4) is 0 Å². The van der Waals surface area contributed by atoms with Crippen molar-refractivity contribution < 1.29 is 167 Å². The number of ether oxygens (including phenoxy) is 21. The summed E-state index contributed by atoms with van der Waals surface area (Å²) in [5.41, 5.74) is 0. The molecular formula is C52H70O35. The zero-order valence-corrected chi connectivity index (χ0v) is 49.7. The third-order valence-electron chi connectivity index (χ3n) is 12.0. The zero-order chi connectivity index (χ0) is 65.3. The van der Waals surface area contributed by atoms with Crippen LogP contribution in [-0.2, 0) is 167 Å². The summed E-state index contributed by atoms with van der Waals surface area (Å²) < 4.78 is 121. The predicted octanol–water partition coefficient (Wildman–Crippen LogP) is -1.76. The second-order valence-electron chi connectivity index (χ2n) is 19.5. The van der Waals surface area contributed by atoms with E-state index < -0.39 is 233 Å². The van der Waals surface area contributed by atoms with E-state index in [4.69, 9.17) is 99.5 Å². The molecule has 0 radical (unpaired) electrons. The average molecular weight is 1260 g/mol. The van der Waals surface area contributed by atoms with Crippen molar-refractivity contribution in [2.45, 2.75) is 220 Å². The van der Waals surface area contributed by atoms with Crippen LogP contribution in [-0.4, -0.2) is 233 Å². The lowest BCUT2D eigenvalue weighted by atomic mass is 9.95. The molecule has 0 unspecified atom stereocenters. The lowest BCUT2D eigenvalue weighted by Gasteiger charge is -2.50. The van der Waals surface area contributed by atoms with E-state index in [1.807, 2.05) is 0 Å². The molecule has 0 bridgehead atoms. The van der Waals surface area contributed by atoms with Crippen LogP contribution in [0.5, 0.6) is 0 Å². The summed E-state index contributed by atoms with van der Waals surface area (Å²) in [6, 6.07) is 0. The maximum atomic E-state index is 13.2. The van der Waals surface area contributed by atoms with Gasteiger partial charge in [0, 0.05) is 96.9 Å². The molecule has 35 heteroatoms. The topological polar surface area (TPSA) is 433 Å². The Morgan fingerprint density at radius 1 is 0.207 bits per heavy atom. The van der Waals surface area contributed by atoms with E-state index in [9.17, 15) is 67.1 Å². The Morgan fingerprint density at radius 2 is 0.368 bits per heavy atom. The van der Waals surface area contributed by atoms with Crippen molar-refractivity contribution in [3.63, 3.8) is 0 Å². The summed E-state index contributed by atoms with van der Waals surface area (Å²) in [6.07, 6.45) is -39.0. The van der Waals surface area contributed by atoms with Gasteiger partial charge in [-0.2, -0.15) is 0 Å². The standard InChI is InChI=1S/C52H70O35/c1-19(53)67-15-33-37(71-23(5)57)41(73-25(7)59)45(77-29(11)63)49(81-33)85-39-35(17-69-21(3)55)83-51(47(79-31(13)65)43(39)75-27(9)61)87-52-48(80-32(14)66)44(76-28(10)62)40(36(84-52)18-70-22(4)56)86-50-46(78-30(12)64)42(74-26(8)60)38(72-24(6)58)34(82-50)16-68-20(2)54/h33-52H,15-18H2,1-14H3/t33-,34-,35-,36-,37-,38-,39-,40-,41+,42+,43+,44+,45-,46-,47-,48-,49-,50-,51+,52+/m1/s1. The highest BCUT2D eigenvalue weighted by Gasteiger charge is 2.62. The fourth-order valence-electron chi connectivity index (χ4n) is 9.30. The van der Waals surface area contributed by atoms with E-state index in [1.54, 1.807) is 0 Å². The second-order valence-corrected chi connectivity index (χ2v) is 19.5. The van der Waals surface area contributed by atoms with Crippen LogP contribution in [0.25, 0.3) is 0 Å². The first kappa shape index (κ1) is 71.8. The highest BCUT2D eigenvalue weighted by molar-refractivity contribution is 5.71. The Hall–Kier alpha value is -7.70. The van der Waals surface area contributed by atoms with Crippen LogP contribution in [0.4, 0.5) is 0 Å². The van der Waals surface area contributed by atoms with Gasteiger partial charge >= 0.3 is 83.6 Å². The number of esters is 14. The smallest absolute Gasteiger partial charge is 0.303 e. The molecule has 0 aromatic heterocycles. The summed E-state index contributed by atoms with van der Waals surface area (Å²) in [5.74, 6) is -14.5. The van der Waals surface area contributed by atoms with Gasteiger partial charge in [-0.05, 0) is 0 Å². The zero-order valence-electron chi connectivity index (χ0n) is 49.7. The van der Waals surface area contributed by atoms with E-state index in [1.165, 1.54) is 0 Å². The van der Waals surface area contributed by atoms with Crippen molar-refractivity contribution in [1.29, 1.82) is 0 Å². The molecule has 0 spiro atoms. The molecular weight excluding hydrogens is 1180 g/mol. The van der Waals surface area contributed by atoms with Crippen molar-refractivity contribution >= 4 is 83.6 Å². The number of hydrogen-bond acceptors (Lipinski definition) is 35. The van der Waals surface area contributed by atoms with Crippen LogP contribution in [0.3, 0.4) is 0 Å². The number of rotatable bonds is 24. The van der Waals surface area contributed by atoms with Crippen molar-refractivity contribution in [2.75, 3.05) is 26.4 Å². The van der Waals surface area contributed by atoms with E-state index in [2.05, 4.69) is 0 Å². The molecule has 488 valence electrons. The van der Waals surface area contributed by atoms with E-state index in [0.29, 0.717) is 0 Å². The van der Waals surface area contributed by atoms with Gasteiger partial charge in [-0.1, -0.05) is 0 Å². The molecule has 35 nitrogen and oxygen atoms in total. The van der Waals surface area contributed by atoms with Crippen molar-refractivity contribution in [1.82, 2.24) is 0 Å². The van der Waals surface area contributed by atoms with Crippen LogP contribution in [0.2, 0.25) is 0 Å². The highest BCUT2D eigenvalue weighted by Crippen LogP contribution is 2.40. The lowest BCUT2D eigenvalue weighted by molar-refractivity contribution is -0.401. The number of carbonyl (C=O) groups excluding carboxylic acids is 14. The molecule has 0 amide bonds. The summed E-state index contributed by atoms with van der Waals surface area (Å²) >= 11 is 0. The Balaban J connectivity index is 1.97. The molecule has 0 saturated carbocycles. The third kappa shape index (κ3) is 21.9. The quantitative estimate of drug-likeness (QED) is 0.0763. The van der Waals surface area contributed by atoms with Gasteiger partial charge in [0.15, 0.2) is 73.6 Å². The molecule has 4 fully saturated rings. The van der Waals surface area contributed by atoms with Crippen LogP contribution in [0.1, 0.15) is 96.9 Å². The van der Waals surface area contributed by atoms with Gasteiger partial charge in [-0.3, -0.25) is 67.1 Å². The Labute approximate surface area is 495 Å². The van der Waals surface area contributed by atoms with Gasteiger partial charge in [0.1, 0.15) is 63.1 Å². The summed E-state index contributed by atoms with van der Waals surface area (Å²) in [4.78, 5) is 178. The molecule has 4 aliphatic rings. The summed E-state index contributed by atoms with van der Waals surface area (Å²) in [7, 11) is 0. The predicted molar refractivity (Wildman–Crippen MR) is 268 cm³/mol. The normalized spacial score (nSPS) is 31.9. The van der Waals surface area contributed by atoms with Gasteiger partial charge < -0.3 is 99.5 Å². The first-order valence-electron chi connectivity index (χ1n) is 26.5. The van der Waals surface area contributed by atoms with E-state index >= 15 is 0 Å². The minimum atomic E-state index is -2.23. The largest absolute Gasteiger partial charge is 0.463 e.